The number of anilines is 2. The molecular formula is C15H22F3N3. The molecule has 2 unspecified atom stereocenters. The molecule has 0 spiro atoms. The first kappa shape index (κ1) is 15.9. The lowest BCUT2D eigenvalue weighted by Crippen LogP contribution is -2.27. The van der Waals surface area contributed by atoms with Crippen LogP contribution in [0.3, 0.4) is 0 Å². The first-order chi connectivity index (χ1) is 9.88. The van der Waals surface area contributed by atoms with Crippen molar-refractivity contribution in [3.05, 3.63) is 17.7 Å². The summed E-state index contributed by atoms with van der Waals surface area (Å²) in [6.07, 6.45) is -0.0919. The predicted molar refractivity (Wildman–Crippen MR) is 78.4 cm³/mol. The summed E-state index contributed by atoms with van der Waals surface area (Å²) in [5.74, 6) is 1.17. The number of hydrogen-bond donors (Lipinski definition) is 2. The van der Waals surface area contributed by atoms with Gasteiger partial charge in [-0.05, 0) is 37.8 Å². The summed E-state index contributed by atoms with van der Waals surface area (Å²) in [6.45, 7) is 4.55. The number of nitrogens with one attached hydrogen (secondary N) is 2. The molecule has 0 amide bonds. The van der Waals surface area contributed by atoms with E-state index in [0.29, 0.717) is 18.3 Å². The van der Waals surface area contributed by atoms with E-state index in [0.717, 1.165) is 31.4 Å². The number of hydrogen-bond acceptors (Lipinski definition) is 3. The molecule has 0 saturated heterocycles. The van der Waals surface area contributed by atoms with Crippen molar-refractivity contribution in [3.63, 3.8) is 0 Å². The zero-order valence-corrected chi connectivity index (χ0v) is 12.4. The Balaban J connectivity index is 2.19. The van der Waals surface area contributed by atoms with Crippen molar-refractivity contribution >= 4 is 11.6 Å². The predicted octanol–water partition coefficient (Wildman–Crippen LogP) is 4.52. The van der Waals surface area contributed by atoms with Crippen LogP contribution in [0.4, 0.5) is 24.8 Å². The van der Waals surface area contributed by atoms with Crippen LogP contribution >= 0.6 is 0 Å². The Morgan fingerprint density at radius 2 is 1.95 bits per heavy atom. The molecule has 3 nitrogen and oxygen atoms in total. The highest BCUT2D eigenvalue weighted by molar-refractivity contribution is 5.50. The monoisotopic (exact) mass is 301 g/mol. The molecule has 0 bridgehead atoms. The Bertz CT molecular complexity index is 474. The van der Waals surface area contributed by atoms with Crippen molar-refractivity contribution in [3.8, 4) is 0 Å². The molecule has 0 aromatic carbocycles. The highest BCUT2D eigenvalue weighted by Gasteiger charge is 2.32. The topological polar surface area (TPSA) is 37.0 Å². The molecule has 2 rings (SSSR count). The molecule has 2 atom stereocenters. The quantitative estimate of drug-likeness (QED) is 0.858. The average molecular weight is 301 g/mol. The normalized spacial score (nSPS) is 22.9. The van der Waals surface area contributed by atoms with Gasteiger partial charge in [-0.15, -0.1) is 0 Å². The van der Waals surface area contributed by atoms with E-state index in [-0.39, 0.29) is 11.9 Å². The number of pyridine rings is 1. The van der Waals surface area contributed by atoms with Gasteiger partial charge in [0.2, 0.25) is 0 Å². The van der Waals surface area contributed by atoms with Gasteiger partial charge in [-0.25, -0.2) is 4.98 Å². The molecule has 1 fully saturated rings. The van der Waals surface area contributed by atoms with Crippen molar-refractivity contribution in [1.82, 2.24) is 4.98 Å². The van der Waals surface area contributed by atoms with E-state index in [4.69, 9.17) is 0 Å². The van der Waals surface area contributed by atoms with Gasteiger partial charge >= 0.3 is 6.18 Å². The molecule has 1 aliphatic carbocycles. The summed E-state index contributed by atoms with van der Waals surface area (Å²) in [5.41, 5.74) is -0.667. The average Bonchev–Trinajstić information content (AvgIpc) is 2.37. The molecule has 6 heteroatoms. The van der Waals surface area contributed by atoms with Crippen LogP contribution in [0.5, 0.6) is 0 Å². The van der Waals surface area contributed by atoms with E-state index in [1.165, 1.54) is 6.42 Å². The fraction of sp³-hybridized carbons (Fsp3) is 0.667. The molecule has 1 aromatic heterocycles. The van der Waals surface area contributed by atoms with Crippen molar-refractivity contribution in [2.24, 2.45) is 5.92 Å². The van der Waals surface area contributed by atoms with Gasteiger partial charge in [0, 0.05) is 12.6 Å². The van der Waals surface area contributed by atoms with Crippen molar-refractivity contribution in [1.29, 1.82) is 0 Å². The van der Waals surface area contributed by atoms with Crippen LogP contribution in [0.1, 0.15) is 45.1 Å². The zero-order chi connectivity index (χ0) is 15.5. The first-order valence-electron chi connectivity index (χ1n) is 7.48. The van der Waals surface area contributed by atoms with Crippen LogP contribution in [-0.2, 0) is 6.18 Å². The van der Waals surface area contributed by atoms with Gasteiger partial charge in [0.1, 0.15) is 11.6 Å². The Morgan fingerprint density at radius 1 is 1.24 bits per heavy atom. The maximum atomic E-state index is 12.9. The molecule has 0 radical (unpaired) electrons. The second kappa shape index (κ2) is 6.54. The third-order valence-electron chi connectivity index (χ3n) is 3.80. The second-order valence-corrected chi connectivity index (χ2v) is 5.77. The zero-order valence-electron chi connectivity index (χ0n) is 12.4. The Kier molecular flexibility index (Phi) is 4.96. The minimum atomic E-state index is -4.36. The van der Waals surface area contributed by atoms with Crippen LogP contribution in [0, 0.1) is 5.92 Å². The summed E-state index contributed by atoms with van der Waals surface area (Å²) in [4.78, 5) is 4.23. The molecule has 1 aromatic rings. The highest BCUT2D eigenvalue weighted by atomic mass is 19.4. The second-order valence-electron chi connectivity index (χ2n) is 5.77. The molecule has 118 valence electrons. The summed E-state index contributed by atoms with van der Waals surface area (Å²) >= 11 is 0. The molecule has 1 saturated carbocycles. The van der Waals surface area contributed by atoms with Crippen LogP contribution in [-0.4, -0.2) is 17.6 Å². The number of halogens is 3. The van der Waals surface area contributed by atoms with Crippen LogP contribution < -0.4 is 10.6 Å². The van der Waals surface area contributed by atoms with Gasteiger partial charge in [0.15, 0.2) is 0 Å². The summed E-state index contributed by atoms with van der Waals surface area (Å²) < 4.78 is 38.8. The number of alkyl halides is 3. The van der Waals surface area contributed by atoms with E-state index in [9.17, 15) is 13.2 Å². The third-order valence-corrected chi connectivity index (χ3v) is 3.80. The van der Waals surface area contributed by atoms with Gasteiger partial charge < -0.3 is 10.6 Å². The molecule has 0 aliphatic heterocycles. The van der Waals surface area contributed by atoms with Crippen LogP contribution in [0.15, 0.2) is 12.1 Å². The maximum Gasteiger partial charge on any atom is 0.416 e. The minimum absolute atomic E-state index is 0.208. The van der Waals surface area contributed by atoms with Gasteiger partial charge in [0.25, 0.3) is 0 Å². The van der Waals surface area contributed by atoms with Crippen molar-refractivity contribution in [2.75, 3.05) is 17.2 Å². The maximum absolute atomic E-state index is 12.9. The van der Waals surface area contributed by atoms with E-state index < -0.39 is 11.7 Å². The first-order valence-corrected chi connectivity index (χ1v) is 7.48. The van der Waals surface area contributed by atoms with E-state index in [1.807, 2.05) is 6.92 Å². The number of nitrogens with zero attached hydrogens (tertiary/aromatic N) is 1. The Morgan fingerprint density at radius 3 is 2.57 bits per heavy atom. The lowest BCUT2D eigenvalue weighted by Gasteiger charge is -2.28. The smallest absolute Gasteiger partial charge is 0.370 e. The highest BCUT2D eigenvalue weighted by Crippen LogP contribution is 2.33. The molecule has 1 heterocycles. The fourth-order valence-electron chi connectivity index (χ4n) is 2.81. The van der Waals surface area contributed by atoms with Crippen molar-refractivity contribution in [2.45, 2.75) is 51.7 Å². The third kappa shape index (κ3) is 4.51. The summed E-state index contributed by atoms with van der Waals surface area (Å²) in [6, 6.07) is 2.36. The van der Waals surface area contributed by atoms with E-state index in [2.05, 4.69) is 22.5 Å². The summed E-state index contributed by atoms with van der Waals surface area (Å²) in [7, 11) is 0. The van der Waals surface area contributed by atoms with E-state index in [1.54, 1.807) is 0 Å². The summed E-state index contributed by atoms with van der Waals surface area (Å²) in [5, 5.41) is 6.03. The van der Waals surface area contributed by atoms with Crippen LogP contribution in [0.2, 0.25) is 0 Å². The van der Waals surface area contributed by atoms with Crippen molar-refractivity contribution < 1.29 is 13.2 Å². The lowest BCUT2D eigenvalue weighted by atomic mass is 9.87. The lowest BCUT2D eigenvalue weighted by molar-refractivity contribution is -0.137. The number of aromatic nitrogens is 1. The molecular weight excluding hydrogens is 279 g/mol. The Hall–Kier alpha value is -1.46. The molecule has 21 heavy (non-hydrogen) atoms. The Labute approximate surface area is 123 Å². The standard InChI is InChI=1S/C15H22F3N3/c1-3-19-13-8-11(15(16,17)18)9-14(21-13)20-12-6-4-5-10(2)7-12/h8-10,12H,3-7H2,1-2H3,(H2,19,20,21). The molecule has 1 aliphatic rings. The van der Waals surface area contributed by atoms with E-state index >= 15 is 0 Å². The SMILES string of the molecule is CCNc1cc(C(F)(F)F)cc(NC2CCCC(C)C2)n1. The van der Waals surface area contributed by atoms with Gasteiger partial charge in [-0.2, -0.15) is 13.2 Å². The number of rotatable bonds is 4. The minimum Gasteiger partial charge on any atom is -0.370 e. The fourth-order valence-corrected chi connectivity index (χ4v) is 2.81. The van der Waals surface area contributed by atoms with Gasteiger partial charge in [-0.1, -0.05) is 19.8 Å². The van der Waals surface area contributed by atoms with Gasteiger partial charge in [0.05, 0.1) is 5.56 Å². The largest absolute Gasteiger partial charge is 0.416 e. The van der Waals surface area contributed by atoms with Gasteiger partial charge in [-0.3, -0.25) is 0 Å². The molecule has 2 N–H and O–H groups in total. The van der Waals surface area contributed by atoms with Crippen LogP contribution in [0.25, 0.3) is 0 Å².